The molecule has 0 spiro atoms. The number of hydrogen-bond acceptors (Lipinski definition) is 5. The molecule has 5 nitrogen and oxygen atoms in total. The van der Waals surface area contributed by atoms with Crippen LogP contribution in [0, 0.1) is 5.92 Å². The van der Waals surface area contributed by atoms with Gasteiger partial charge >= 0.3 is 0 Å². The van der Waals surface area contributed by atoms with Crippen LogP contribution in [0.3, 0.4) is 0 Å². The number of nitrogens with zero attached hydrogens (tertiary/aromatic N) is 2. The van der Waals surface area contributed by atoms with Gasteiger partial charge in [-0.2, -0.15) is 0 Å². The van der Waals surface area contributed by atoms with Crippen molar-refractivity contribution in [3.63, 3.8) is 0 Å². The number of aliphatic hydroxyl groups excluding tert-OH is 1. The molecule has 2 atom stereocenters. The van der Waals surface area contributed by atoms with E-state index in [4.69, 9.17) is 5.73 Å². The summed E-state index contributed by atoms with van der Waals surface area (Å²) >= 11 is 3.36. The normalized spacial score (nSPS) is 24.6. The highest BCUT2D eigenvalue weighted by Crippen LogP contribution is 2.27. The third-order valence-corrected chi connectivity index (χ3v) is 3.91. The van der Waals surface area contributed by atoms with E-state index in [1.807, 2.05) is 0 Å². The van der Waals surface area contributed by atoms with Crippen molar-refractivity contribution in [3.05, 3.63) is 10.8 Å². The molecule has 1 aliphatic carbocycles. The van der Waals surface area contributed by atoms with E-state index in [0.717, 1.165) is 38.0 Å². The summed E-state index contributed by atoms with van der Waals surface area (Å²) in [5.74, 6) is 1.66. The zero-order valence-electron chi connectivity index (χ0n) is 9.56. The van der Waals surface area contributed by atoms with Crippen molar-refractivity contribution in [2.45, 2.75) is 31.8 Å². The van der Waals surface area contributed by atoms with E-state index in [2.05, 4.69) is 31.2 Å². The Bertz CT molecular complexity index is 388. The fraction of sp³-hybridized carbons (Fsp3) is 0.636. The van der Waals surface area contributed by atoms with Gasteiger partial charge in [0.05, 0.1) is 6.10 Å². The molecule has 1 saturated carbocycles. The minimum absolute atomic E-state index is 0.144. The van der Waals surface area contributed by atoms with E-state index in [0.29, 0.717) is 16.2 Å². The second-order valence-corrected chi connectivity index (χ2v) is 5.28. The van der Waals surface area contributed by atoms with Gasteiger partial charge < -0.3 is 16.2 Å². The average molecular weight is 301 g/mol. The minimum atomic E-state index is -0.144. The number of anilines is 2. The predicted molar refractivity (Wildman–Crippen MR) is 70.6 cm³/mol. The van der Waals surface area contributed by atoms with Crippen molar-refractivity contribution in [1.82, 2.24) is 9.97 Å². The van der Waals surface area contributed by atoms with Crippen LogP contribution in [0.25, 0.3) is 0 Å². The SMILES string of the molecule is Nc1ncnc(NCC2CCCC(O)C2)c1Br. The molecule has 2 rings (SSSR count). The van der Waals surface area contributed by atoms with E-state index in [1.165, 1.54) is 6.33 Å². The smallest absolute Gasteiger partial charge is 0.145 e. The third kappa shape index (κ3) is 3.29. The van der Waals surface area contributed by atoms with Gasteiger partial charge in [0.2, 0.25) is 0 Å². The maximum absolute atomic E-state index is 9.59. The molecule has 6 heteroatoms. The van der Waals surface area contributed by atoms with Gasteiger partial charge in [-0.25, -0.2) is 9.97 Å². The first-order valence-corrected chi connectivity index (χ1v) is 6.64. The van der Waals surface area contributed by atoms with Crippen LogP contribution in [-0.2, 0) is 0 Å². The second kappa shape index (κ2) is 5.64. The lowest BCUT2D eigenvalue weighted by Crippen LogP contribution is -2.25. The van der Waals surface area contributed by atoms with Crippen LogP contribution in [0.15, 0.2) is 10.8 Å². The monoisotopic (exact) mass is 300 g/mol. The van der Waals surface area contributed by atoms with Gasteiger partial charge in [-0.1, -0.05) is 6.42 Å². The molecule has 1 heterocycles. The second-order valence-electron chi connectivity index (χ2n) is 4.49. The molecular weight excluding hydrogens is 284 g/mol. The van der Waals surface area contributed by atoms with Crippen molar-refractivity contribution < 1.29 is 5.11 Å². The highest BCUT2D eigenvalue weighted by Gasteiger charge is 2.20. The molecule has 2 unspecified atom stereocenters. The Labute approximate surface area is 109 Å². The largest absolute Gasteiger partial charge is 0.393 e. The van der Waals surface area contributed by atoms with Crippen LogP contribution in [-0.4, -0.2) is 27.7 Å². The lowest BCUT2D eigenvalue weighted by Gasteiger charge is -2.26. The topological polar surface area (TPSA) is 84.1 Å². The molecule has 0 aliphatic heterocycles. The van der Waals surface area contributed by atoms with Crippen molar-refractivity contribution in [3.8, 4) is 0 Å². The lowest BCUT2D eigenvalue weighted by atomic mass is 9.87. The minimum Gasteiger partial charge on any atom is -0.393 e. The van der Waals surface area contributed by atoms with Gasteiger partial charge in [0.15, 0.2) is 0 Å². The van der Waals surface area contributed by atoms with Crippen LogP contribution >= 0.6 is 15.9 Å². The Morgan fingerprint density at radius 2 is 2.29 bits per heavy atom. The average Bonchev–Trinajstić information content (AvgIpc) is 2.31. The number of aliphatic hydroxyl groups is 1. The molecular formula is C11H17BrN4O. The zero-order chi connectivity index (χ0) is 12.3. The molecule has 0 radical (unpaired) electrons. The molecule has 1 aromatic heterocycles. The lowest BCUT2D eigenvalue weighted by molar-refractivity contribution is 0.104. The van der Waals surface area contributed by atoms with Crippen LogP contribution < -0.4 is 11.1 Å². The molecule has 4 N–H and O–H groups in total. The summed E-state index contributed by atoms with van der Waals surface area (Å²) in [5.41, 5.74) is 5.67. The zero-order valence-corrected chi connectivity index (χ0v) is 11.2. The quantitative estimate of drug-likeness (QED) is 0.792. The summed E-state index contributed by atoms with van der Waals surface area (Å²) in [4.78, 5) is 8.02. The Hall–Kier alpha value is -0.880. The first-order valence-electron chi connectivity index (χ1n) is 5.84. The molecule has 0 amide bonds. The molecule has 1 fully saturated rings. The van der Waals surface area contributed by atoms with E-state index in [1.54, 1.807) is 0 Å². The maximum atomic E-state index is 9.59. The van der Waals surface area contributed by atoms with Crippen molar-refractivity contribution in [2.75, 3.05) is 17.6 Å². The number of halogens is 1. The summed E-state index contributed by atoms with van der Waals surface area (Å²) in [7, 11) is 0. The van der Waals surface area contributed by atoms with E-state index >= 15 is 0 Å². The van der Waals surface area contributed by atoms with Crippen LogP contribution in [0.1, 0.15) is 25.7 Å². The fourth-order valence-electron chi connectivity index (χ4n) is 2.20. The summed E-state index contributed by atoms with van der Waals surface area (Å²) < 4.78 is 0.705. The number of nitrogen functional groups attached to an aromatic ring is 1. The third-order valence-electron chi connectivity index (χ3n) is 3.13. The first-order chi connectivity index (χ1) is 8.16. The number of nitrogens with two attached hydrogens (primary N) is 1. The van der Waals surface area contributed by atoms with E-state index in [-0.39, 0.29) is 6.10 Å². The highest BCUT2D eigenvalue weighted by atomic mass is 79.9. The van der Waals surface area contributed by atoms with Crippen LogP contribution in [0.5, 0.6) is 0 Å². The van der Waals surface area contributed by atoms with Gasteiger partial charge in [-0.15, -0.1) is 0 Å². The molecule has 94 valence electrons. The Kier molecular flexibility index (Phi) is 4.17. The van der Waals surface area contributed by atoms with Crippen molar-refractivity contribution in [1.29, 1.82) is 0 Å². The predicted octanol–water partition coefficient (Wildman–Crippen LogP) is 1.78. The summed E-state index contributed by atoms with van der Waals surface area (Å²) in [6.07, 6.45) is 5.35. The van der Waals surface area contributed by atoms with Crippen molar-refractivity contribution >= 4 is 27.6 Å². The van der Waals surface area contributed by atoms with E-state index in [9.17, 15) is 5.11 Å². The fourth-order valence-corrected chi connectivity index (χ4v) is 2.54. The van der Waals surface area contributed by atoms with Gasteiger partial charge in [0.1, 0.15) is 22.4 Å². The summed E-state index contributed by atoms with van der Waals surface area (Å²) in [6.45, 7) is 0.812. The Balaban J connectivity index is 1.91. The van der Waals surface area contributed by atoms with E-state index < -0.39 is 0 Å². The first kappa shape index (κ1) is 12.6. The number of rotatable bonds is 3. The summed E-state index contributed by atoms with van der Waals surface area (Å²) in [5, 5.41) is 12.8. The van der Waals surface area contributed by atoms with Gasteiger partial charge in [0.25, 0.3) is 0 Å². The molecule has 1 aliphatic rings. The molecule has 17 heavy (non-hydrogen) atoms. The van der Waals surface area contributed by atoms with Crippen LogP contribution in [0.4, 0.5) is 11.6 Å². The Morgan fingerprint density at radius 3 is 3.06 bits per heavy atom. The van der Waals surface area contributed by atoms with Gasteiger partial charge in [-0.05, 0) is 41.1 Å². The van der Waals surface area contributed by atoms with Crippen molar-refractivity contribution in [2.24, 2.45) is 5.92 Å². The standard InChI is InChI=1S/C11H17BrN4O/c12-9-10(13)15-6-16-11(9)14-5-7-2-1-3-8(17)4-7/h6-8,17H,1-5H2,(H3,13,14,15,16). The number of nitrogens with one attached hydrogen (secondary N) is 1. The number of hydrogen-bond donors (Lipinski definition) is 3. The molecule has 0 bridgehead atoms. The molecule has 1 aromatic rings. The van der Waals surface area contributed by atoms with Gasteiger partial charge in [-0.3, -0.25) is 0 Å². The molecule has 0 saturated heterocycles. The highest BCUT2D eigenvalue weighted by molar-refractivity contribution is 9.10. The Morgan fingerprint density at radius 1 is 1.47 bits per heavy atom. The summed E-state index contributed by atoms with van der Waals surface area (Å²) in [6, 6.07) is 0. The van der Waals surface area contributed by atoms with Gasteiger partial charge in [0, 0.05) is 6.54 Å². The maximum Gasteiger partial charge on any atom is 0.145 e. The molecule has 0 aromatic carbocycles. The number of aromatic nitrogens is 2. The van der Waals surface area contributed by atoms with Crippen LogP contribution in [0.2, 0.25) is 0 Å².